The van der Waals surface area contributed by atoms with Crippen molar-refractivity contribution in [3.63, 3.8) is 0 Å². The summed E-state index contributed by atoms with van der Waals surface area (Å²) in [6, 6.07) is 0. The highest BCUT2D eigenvalue weighted by molar-refractivity contribution is 5.78. The van der Waals surface area contributed by atoms with Crippen molar-refractivity contribution in [1.82, 2.24) is 30.4 Å². The molecule has 0 spiro atoms. The number of tetrazole rings is 1. The minimum absolute atomic E-state index is 0.249. The molecule has 7 nitrogen and oxygen atoms in total. The van der Waals surface area contributed by atoms with Gasteiger partial charge in [-0.2, -0.15) is 5.21 Å². The summed E-state index contributed by atoms with van der Waals surface area (Å²) in [5.74, 6) is 0.888. The minimum Gasteiger partial charge on any atom is -0.342 e. The van der Waals surface area contributed by atoms with Crippen molar-refractivity contribution in [2.45, 2.75) is 25.7 Å². The van der Waals surface area contributed by atoms with Gasteiger partial charge in [-0.3, -0.25) is 9.69 Å². The number of piperidine rings is 1. The van der Waals surface area contributed by atoms with Crippen LogP contribution >= 0.6 is 0 Å². The van der Waals surface area contributed by atoms with Crippen molar-refractivity contribution in [2.75, 3.05) is 32.7 Å². The molecule has 108 valence electrons. The number of aromatic amines is 1. The van der Waals surface area contributed by atoms with Crippen LogP contribution < -0.4 is 0 Å². The maximum absolute atomic E-state index is 12.3. The van der Waals surface area contributed by atoms with Crippen molar-refractivity contribution in [3.05, 3.63) is 11.9 Å². The van der Waals surface area contributed by atoms with E-state index in [1.807, 2.05) is 4.90 Å². The Balaban J connectivity index is 1.56. The van der Waals surface area contributed by atoms with Gasteiger partial charge in [-0.25, -0.2) is 0 Å². The molecule has 7 heteroatoms. The third-order valence-electron chi connectivity index (χ3n) is 3.93. The van der Waals surface area contributed by atoms with E-state index in [1.165, 1.54) is 6.42 Å². The summed E-state index contributed by atoms with van der Waals surface area (Å²) in [6.07, 6.45) is 6.58. The fourth-order valence-electron chi connectivity index (χ4n) is 2.84. The molecule has 20 heavy (non-hydrogen) atoms. The number of nitrogens with zero attached hydrogens (tertiary/aromatic N) is 5. The van der Waals surface area contributed by atoms with Gasteiger partial charge in [0.05, 0.1) is 6.54 Å². The van der Waals surface area contributed by atoms with Gasteiger partial charge in [-0.1, -0.05) is 6.08 Å². The third-order valence-corrected chi connectivity index (χ3v) is 3.93. The molecule has 0 bridgehead atoms. The SMILES string of the molecule is O=C(CN1CCC=C(c2nn[nH]n2)C1)N1CCCCC1. The van der Waals surface area contributed by atoms with Crippen LogP contribution in [0, 0.1) is 0 Å². The lowest BCUT2D eigenvalue weighted by Crippen LogP contribution is -2.44. The van der Waals surface area contributed by atoms with Crippen LogP contribution in [0.25, 0.3) is 5.57 Å². The Morgan fingerprint density at radius 2 is 2.10 bits per heavy atom. The fourth-order valence-corrected chi connectivity index (χ4v) is 2.84. The Labute approximate surface area is 118 Å². The van der Waals surface area contributed by atoms with E-state index in [4.69, 9.17) is 0 Å². The van der Waals surface area contributed by atoms with E-state index >= 15 is 0 Å². The van der Waals surface area contributed by atoms with Crippen LogP contribution in [0.1, 0.15) is 31.5 Å². The van der Waals surface area contributed by atoms with Gasteiger partial charge < -0.3 is 4.90 Å². The highest BCUT2D eigenvalue weighted by Crippen LogP contribution is 2.17. The number of carbonyl (C=O) groups is 1. The van der Waals surface area contributed by atoms with Crippen molar-refractivity contribution in [3.8, 4) is 0 Å². The molecule has 3 heterocycles. The normalized spacial score (nSPS) is 20.8. The summed E-state index contributed by atoms with van der Waals surface area (Å²) in [5.41, 5.74) is 1.05. The molecule has 0 radical (unpaired) electrons. The Morgan fingerprint density at radius 1 is 1.25 bits per heavy atom. The highest BCUT2D eigenvalue weighted by atomic mass is 16.2. The third kappa shape index (κ3) is 3.04. The Bertz CT molecular complexity index is 477. The predicted octanol–water partition coefficient (Wildman–Crippen LogP) is 0.301. The molecule has 0 atom stereocenters. The topological polar surface area (TPSA) is 78.0 Å². The average molecular weight is 276 g/mol. The van der Waals surface area contributed by atoms with Crippen LogP contribution in [-0.2, 0) is 4.79 Å². The van der Waals surface area contributed by atoms with Gasteiger partial charge in [0.1, 0.15) is 0 Å². The lowest BCUT2D eigenvalue weighted by Gasteiger charge is -2.31. The van der Waals surface area contributed by atoms with Crippen LogP contribution in [0.5, 0.6) is 0 Å². The highest BCUT2D eigenvalue weighted by Gasteiger charge is 2.22. The zero-order chi connectivity index (χ0) is 13.8. The second-order valence-corrected chi connectivity index (χ2v) is 5.41. The van der Waals surface area contributed by atoms with Crippen LogP contribution in [-0.4, -0.2) is 69.1 Å². The molecule has 1 N–H and O–H groups in total. The quantitative estimate of drug-likeness (QED) is 0.859. The average Bonchev–Trinajstić information content (AvgIpc) is 3.03. The Hall–Kier alpha value is -1.76. The van der Waals surface area contributed by atoms with Gasteiger partial charge in [-0.15, -0.1) is 10.2 Å². The smallest absolute Gasteiger partial charge is 0.236 e. The molecule has 1 aromatic rings. The monoisotopic (exact) mass is 276 g/mol. The zero-order valence-electron chi connectivity index (χ0n) is 11.6. The number of carbonyl (C=O) groups excluding carboxylic acids is 1. The van der Waals surface area contributed by atoms with E-state index in [2.05, 4.69) is 31.6 Å². The van der Waals surface area contributed by atoms with Gasteiger partial charge in [0, 0.05) is 31.8 Å². The first-order valence-electron chi connectivity index (χ1n) is 7.26. The molecule has 0 saturated carbocycles. The molecular weight excluding hydrogens is 256 g/mol. The molecule has 1 fully saturated rings. The van der Waals surface area contributed by atoms with E-state index in [0.29, 0.717) is 12.4 Å². The number of aromatic nitrogens is 4. The minimum atomic E-state index is 0.249. The summed E-state index contributed by atoms with van der Waals surface area (Å²) in [4.78, 5) is 16.4. The molecule has 0 aromatic carbocycles. The van der Waals surface area contributed by atoms with E-state index in [-0.39, 0.29) is 5.91 Å². The molecule has 1 aromatic heterocycles. The van der Waals surface area contributed by atoms with Gasteiger partial charge in [0.2, 0.25) is 11.7 Å². The van der Waals surface area contributed by atoms with Crippen molar-refractivity contribution in [2.24, 2.45) is 0 Å². The molecule has 2 aliphatic rings. The lowest BCUT2D eigenvalue weighted by atomic mass is 10.1. The number of H-pyrrole nitrogens is 1. The molecule has 2 aliphatic heterocycles. The van der Waals surface area contributed by atoms with Crippen molar-refractivity contribution < 1.29 is 4.79 Å². The summed E-state index contributed by atoms with van der Waals surface area (Å²) in [5, 5.41) is 14.1. The number of rotatable bonds is 3. The molecule has 1 saturated heterocycles. The molecule has 0 aliphatic carbocycles. The maximum atomic E-state index is 12.3. The number of amides is 1. The van der Waals surface area contributed by atoms with Crippen LogP contribution in [0.15, 0.2) is 6.08 Å². The summed E-state index contributed by atoms with van der Waals surface area (Å²) in [7, 11) is 0. The van der Waals surface area contributed by atoms with Crippen LogP contribution in [0.2, 0.25) is 0 Å². The summed E-state index contributed by atoms with van der Waals surface area (Å²) in [6.45, 7) is 3.97. The molecule has 3 rings (SSSR count). The van der Waals surface area contributed by atoms with Gasteiger partial charge in [-0.05, 0) is 30.9 Å². The first-order chi connectivity index (χ1) is 9.83. The van der Waals surface area contributed by atoms with Crippen molar-refractivity contribution in [1.29, 1.82) is 0 Å². The Kier molecular flexibility index (Phi) is 4.05. The van der Waals surface area contributed by atoms with E-state index in [0.717, 1.165) is 51.0 Å². The van der Waals surface area contributed by atoms with Gasteiger partial charge in [0.25, 0.3) is 0 Å². The van der Waals surface area contributed by atoms with Crippen LogP contribution in [0.3, 0.4) is 0 Å². The molecule has 0 unspecified atom stereocenters. The van der Waals surface area contributed by atoms with Gasteiger partial charge >= 0.3 is 0 Å². The first kappa shape index (κ1) is 13.2. The number of hydrogen-bond donors (Lipinski definition) is 1. The molecule has 1 amide bonds. The van der Waals surface area contributed by atoms with E-state index < -0.39 is 0 Å². The summed E-state index contributed by atoms with van der Waals surface area (Å²) >= 11 is 0. The number of likely N-dealkylation sites (tertiary alicyclic amines) is 1. The number of hydrogen-bond acceptors (Lipinski definition) is 5. The lowest BCUT2D eigenvalue weighted by molar-refractivity contribution is -0.133. The zero-order valence-corrected chi connectivity index (χ0v) is 11.6. The van der Waals surface area contributed by atoms with E-state index in [1.54, 1.807) is 0 Å². The standard InChI is InChI=1S/C13H20N6O/c20-12(19-7-2-1-3-8-19)10-18-6-4-5-11(9-18)13-14-16-17-15-13/h5H,1-4,6-10H2,(H,14,15,16,17). The maximum Gasteiger partial charge on any atom is 0.236 e. The fraction of sp³-hybridized carbons (Fsp3) is 0.692. The van der Waals surface area contributed by atoms with E-state index in [9.17, 15) is 4.79 Å². The second-order valence-electron chi connectivity index (χ2n) is 5.41. The van der Waals surface area contributed by atoms with Crippen LogP contribution in [0.4, 0.5) is 0 Å². The largest absolute Gasteiger partial charge is 0.342 e. The Morgan fingerprint density at radius 3 is 2.85 bits per heavy atom. The second kappa shape index (κ2) is 6.13. The summed E-state index contributed by atoms with van der Waals surface area (Å²) < 4.78 is 0. The number of nitrogens with one attached hydrogen (secondary N) is 1. The predicted molar refractivity (Wildman–Crippen MR) is 73.6 cm³/mol. The van der Waals surface area contributed by atoms with Gasteiger partial charge in [0.15, 0.2) is 0 Å². The van der Waals surface area contributed by atoms with Crippen molar-refractivity contribution >= 4 is 11.5 Å². The first-order valence-corrected chi connectivity index (χ1v) is 7.26. The molecular formula is C13H20N6O.